The van der Waals surface area contributed by atoms with Crippen LogP contribution in [0.25, 0.3) is 0 Å². The van der Waals surface area contributed by atoms with E-state index in [4.69, 9.17) is 4.74 Å². The van der Waals surface area contributed by atoms with Crippen LogP contribution in [0.2, 0.25) is 0 Å². The molecule has 14 heavy (non-hydrogen) atoms. The average molecular weight is 206 g/mol. The highest BCUT2D eigenvalue weighted by Crippen LogP contribution is 1.83. The molecule has 0 aliphatic heterocycles. The van der Waals surface area contributed by atoms with Gasteiger partial charge in [-0.25, -0.2) is 0 Å². The Morgan fingerprint density at radius 3 is 1.07 bits per heavy atom. The molecule has 0 aliphatic carbocycles. The van der Waals surface area contributed by atoms with Crippen LogP contribution in [-0.2, 0) is 4.74 Å². The molecule has 0 aliphatic rings. The molecule has 0 fully saturated rings. The maximum atomic E-state index is 5.04. The second-order valence-corrected chi connectivity index (χ2v) is 2.50. The predicted molar refractivity (Wildman–Crippen MR) is 70.0 cm³/mol. The standard InChI is InChI=1S/C5H12O.C4H10.2C2H6/c1-4-6-5(2)3;1-3-4-2;2*1-2/h5H,4H2,1-3H3;3-4H2,1-2H3;2*1-2H3. The van der Waals surface area contributed by atoms with Gasteiger partial charge in [0, 0.05) is 6.61 Å². The fourth-order valence-electron chi connectivity index (χ4n) is 0.333. The summed E-state index contributed by atoms with van der Waals surface area (Å²) in [5.41, 5.74) is 0. The van der Waals surface area contributed by atoms with E-state index < -0.39 is 0 Å². The van der Waals surface area contributed by atoms with Gasteiger partial charge in [0.1, 0.15) is 0 Å². The smallest absolute Gasteiger partial charge is 0.0518 e. The second kappa shape index (κ2) is 38.3. The van der Waals surface area contributed by atoms with Crippen LogP contribution in [0.5, 0.6) is 0 Å². The SMILES string of the molecule is CC.CC.CCCC.CCOC(C)C. The van der Waals surface area contributed by atoms with Gasteiger partial charge in [0.25, 0.3) is 0 Å². The minimum atomic E-state index is 0.398. The summed E-state index contributed by atoms with van der Waals surface area (Å²) in [6.07, 6.45) is 3.04. The highest BCUT2D eigenvalue weighted by Gasteiger charge is 1.83. The van der Waals surface area contributed by atoms with E-state index in [2.05, 4.69) is 13.8 Å². The molecular formula is C13H34O. The first-order valence-corrected chi connectivity index (χ1v) is 6.30. The molecule has 0 rings (SSSR count). The van der Waals surface area contributed by atoms with E-state index in [1.807, 2.05) is 48.5 Å². The van der Waals surface area contributed by atoms with Crippen LogP contribution in [0.4, 0.5) is 0 Å². The molecule has 0 amide bonds. The van der Waals surface area contributed by atoms with Crippen molar-refractivity contribution < 1.29 is 4.74 Å². The Morgan fingerprint density at radius 2 is 1.07 bits per heavy atom. The Bertz CT molecular complexity index is 40.5. The molecule has 1 nitrogen and oxygen atoms in total. The van der Waals surface area contributed by atoms with E-state index in [0.29, 0.717) is 6.10 Å². The van der Waals surface area contributed by atoms with Crippen molar-refractivity contribution in [3.05, 3.63) is 0 Å². The summed E-state index contributed by atoms with van der Waals surface area (Å²) in [6, 6.07) is 0. The van der Waals surface area contributed by atoms with Crippen molar-refractivity contribution in [2.24, 2.45) is 0 Å². The van der Waals surface area contributed by atoms with E-state index in [1.54, 1.807) is 0 Å². The van der Waals surface area contributed by atoms with E-state index in [-0.39, 0.29) is 0 Å². The molecule has 92 valence electrons. The topological polar surface area (TPSA) is 9.23 Å². The molecule has 0 saturated carbocycles. The van der Waals surface area contributed by atoms with E-state index in [1.165, 1.54) is 12.8 Å². The molecule has 0 spiro atoms. The van der Waals surface area contributed by atoms with E-state index >= 15 is 0 Å². The molecule has 0 heterocycles. The summed E-state index contributed by atoms with van der Waals surface area (Å²) in [6.45, 7) is 19.3. The van der Waals surface area contributed by atoms with Gasteiger partial charge in [-0.05, 0) is 20.8 Å². The molecule has 0 aromatic carbocycles. The molecule has 0 atom stereocenters. The Kier molecular flexibility index (Phi) is 64.6. The van der Waals surface area contributed by atoms with Crippen molar-refractivity contribution in [2.75, 3.05) is 6.61 Å². The lowest BCUT2D eigenvalue weighted by Crippen LogP contribution is -1.99. The Morgan fingerprint density at radius 1 is 0.786 bits per heavy atom. The molecule has 0 radical (unpaired) electrons. The van der Waals surface area contributed by atoms with E-state index in [0.717, 1.165) is 6.61 Å². The first kappa shape index (κ1) is 23.6. The van der Waals surface area contributed by atoms with Crippen LogP contribution in [0.15, 0.2) is 0 Å². The van der Waals surface area contributed by atoms with Crippen LogP contribution >= 0.6 is 0 Å². The van der Waals surface area contributed by atoms with Gasteiger partial charge in [-0.2, -0.15) is 0 Å². The first-order valence-electron chi connectivity index (χ1n) is 6.30. The van der Waals surface area contributed by atoms with Crippen molar-refractivity contribution in [1.82, 2.24) is 0 Å². The predicted octanol–water partition coefficient (Wildman–Crippen LogP) is 5.29. The number of hydrogen-bond donors (Lipinski definition) is 0. The van der Waals surface area contributed by atoms with Gasteiger partial charge in [-0.3, -0.25) is 0 Å². The molecule has 1 heteroatoms. The number of ether oxygens (including phenoxy) is 1. The molecule has 0 aromatic rings. The third kappa shape index (κ3) is 91.6. The van der Waals surface area contributed by atoms with Crippen LogP contribution in [0.1, 0.15) is 75.2 Å². The Balaban J connectivity index is -0.0000000546. The van der Waals surface area contributed by atoms with Gasteiger partial charge in [-0.15, -0.1) is 0 Å². The highest BCUT2D eigenvalue weighted by molar-refractivity contribution is 4.30. The lowest BCUT2D eigenvalue weighted by atomic mass is 10.4. The zero-order valence-corrected chi connectivity index (χ0v) is 12.1. The van der Waals surface area contributed by atoms with Crippen molar-refractivity contribution in [1.29, 1.82) is 0 Å². The highest BCUT2D eigenvalue weighted by atomic mass is 16.5. The van der Waals surface area contributed by atoms with Gasteiger partial charge < -0.3 is 4.74 Å². The third-order valence-corrected chi connectivity index (χ3v) is 1.00. The second-order valence-electron chi connectivity index (χ2n) is 2.50. The summed E-state index contributed by atoms with van der Waals surface area (Å²) in [7, 11) is 0. The van der Waals surface area contributed by atoms with Crippen molar-refractivity contribution in [3.8, 4) is 0 Å². The fourth-order valence-corrected chi connectivity index (χ4v) is 0.333. The van der Waals surface area contributed by atoms with Gasteiger partial charge in [-0.1, -0.05) is 54.4 Å². The molecule has 0 N–H and O–H groups in total. The van der Waals surface area contributed by atoms with Crippen LogP contribution in [-0.4, -0.2) is 12.7 Å². The van der Waals surface area contributed by atoms with Gasteiger partial charge in [0.05, 0.1) is 6.10 Å². The van der Waals surface area contributed by atoms with Crippen LogP contribution in [0.3, 0.4) is 0 Å². The maximum absolute atomic E-state index is 5.04. The largest absolute Gasteiger partial charge is 0.379 e. The monoisotopic (exact) mass is 206 g/mol. The lowest BCUT2D eigenvalue weighted by Gasteiger charge is -2.00. The van der Waals surface area contributed by atoms with Crippen molar-refractivity contribution in [2.45, 2.75) is 81.3 Å². The Labute approximate surface area is 93.2 Å². The summed E-state index contributed by atoms with van der Waals surface area (Å²) >= 11 is 0. The zero-order valence-electron chi connectivity index (χ0n) is 12.1. The normalized spacial score (nSPS) is 7.29. The maximum Gasteiger partial charge on any atom is 0.0518 e. The average Bonchev–Trinajstić information content (AvgIpc) is 2.24. The molecule has 0 bridgehead atoms. The van der Waals surface area contributed by atoms with Crippen LogP contribution < -0.4 is 0 Å². The summed E-state index contributed by atoms with van der Waals surface area (Å²) < 4.78 is 5.04. The quantitative estimate of drug-likeness (QED) is 0.609. The van der Waals surface area contributed by atoms with Crippen LogP contribution in [0, 0.1) is 0 Å². The minimum absolute atomic E-state index is 0.398. The summed E-state index contributed by atoms with van der Waals surface area (Å²) in [4.78, 5) is 0. The third-order valence-electron chi connectivity index (χ3n) is 1.00. The van der Waals surface area contributed by atoms with Crippen molar-refractivity contribution >= 4 is 0 Å². The summed E-state index contributed by atoms with van der Waals surface area (Å²) in [5.74, 6) is 0. The summed E-state index contributed by atoms with van der Waals surface area (Å²) in [5, 5.41) is 0. The first-order chi connectivity index (χ1) is 6.68. The lowest BCUT2D eigenvalue weighted by molar-refractivity contribution is 0.0899. The molecular weight excluding hydrogens is 172 g/mol. The number of rotatable bonds is 3. The van der Waals surface area contributed by atoms with Gasteiger partial charge >= 0.3 is 0 Å². The molecule has 0 saturated heterocycles. The van der Waals surface area contributed by atoms with Gasteiger partial charge in [0.2, 0.25) is 0 Å². The number of unbranched alkanes of at least 4 members (excludes halogenated alkanes) is 1. The molecule has 0 aromatic heterocycles. The van der Waals surface area contributed by atoms with E-state index in [9.17, 15) is 0 Å². The Hall–Kier alpha value is -0.0400. The fraction of sp³-hybridized carbons (Fsp3) is 1.00. The number of hydrogen-bond acceptors (Lipinski definition) is 1. The minimum Gasteiger partial charge on any atom is -0.379 e. The zero-order chi connectivity index (χ0) is 12.4. The van der Waals surface area contributed by atoms with Gasteiger partial charge in [0.15, 0.2) is 0 Å². The van der Waals surface area contributed by atoms with Crippen molar-refractivity contribution in [3.63, 3.8) is 0 Å². The molecule has 0 unspecified atom stereocenters.